The number of hydrogen-bond acceptors (Lipinski definition) is 0. The van der Waals surface area contributed by atoms with Gasteiger partial charge in [0.1, 0.15) is 0 Å². The van der Waals surface area contributed by atoms with Gasteiger partial charge in [0, 0.05) is 0 Å². The summed E-state index contributed by atoms with van der Waals surface area (Å²) < 4.78 is 5.36. The van der Waals surface area contributed by atoms with E-state index in [9.17, 15) is 0 Å². The molecule has 4 heteroatoms. The van der Waals surface area contributed by atoms with Crippen molar-refractivity contribution in [1.29, 1.82) is 0 Å². The largest absolute Gasteiger partial charge is 1.00 e. The third-order valence-electron chi connectivity index (χ3n) is 8.26. The monoisotopic (exact) mass is 644 g/mol. The maximum absolute atomic E-state index is 2.66. The van der Waals surface area contributed by atoms with Crippen molar-refractivity contribution in [3.8, 4) is 11.1 Å². The molecule has 0 saturated carbocycles. The summed E-state index contributed by atoms with van der Waals surface area (Å²) in [5, 5.41) is 1.72. The zero-order valence-corrected chi connectivity index (χ0v) is 31.0. The maximum Gasteiger partial charge on any atom is -1.00 e. The molecule has 4 rings (SSSR count). The first-order valence-corrected chi connectivity index (χ1v) is 21.0. The molecule has 0 aromatic heterocycles. The Morgan fingerprint density at radius 2 is 1.45 bits per heavy atom. The van der Waals surface area contributed by atoms with Crippen LogP contribution in [0.15, 0.2) is 50.5 Å². The zero-order chi connectivity index (χ0) is 27.0. The molecule has 0 spiro atoms. The molecule has 2 aliphatic rings. The second kappa shape index (κ2) is 11.4. The van der Waals surface area contributed by atoms with Crippen molar-refractivity contribution in [2.45, 2.75) is 106 Å². The molecular formula is C34H48Cl2SiZr. The fraction of sp³-hybridized carbons (Fsp3) is 0.500. The van der Waals surface area contributed by atoms with Crippen LogP contribution >= 0.6 is 0 Å². The van der Waals surface area contributed by atoms with E-state index in [2.05, 4.69) is 125 Å². The predicted octanol–water partition coefficient (Wildman–Crippen LogP) is 3.04. The minimum absolute atomic E-state index is 0. The molecular weight excluding hydrogens is 599 g/mol. The Morgan fingerprint density at radius 3 is 1.92 bits per heavy atom. The summed E-state index contributed by atoms with van der Waals surface area (Å²) in [7, 11) is -1.37. The van der Waals surface area contributed by atoms with E-state index in [1.54, 1.807) is 28.4 Å². The van der Waals surface area contributed by atoms with Gasteiger partial charge in [-0.1, -0.05) is 0 Å². The van der Waals surface area contributed by atoms with Crippen molar-refractivity contribution in [2.24, 2.45) is 5.92 Å². The first-order valence-electron chi connectivity index (χ1n) is 13.8. The fourth-order valence-electron chi connectivity index (χ4n) is 6.48. The molecule has 2 aliphatic carbocycles. The number of benzene rings is 2. The maximum atomic E-state index is 2.66. The fourth-order valence-corrected chi connectivity index (χ4v) is 17.7. The van der Waals surface area contributed by atoms with E-state index in [-0.39, 0.29) is 35.6 Å². The van der Waals surface area contributed by atoms with E-state index in [1.165, 1.54) is 22.3 Å². The van der Waals surface area contributed by atoms with Gasteiger partial charge in [0.25, 0.3) is 0 Å². The van der Waals surface area contributed by atoms with Crippen LogP contribution in [0.4, 0.5) is 0 Å². The van der Waals surface area contributed by atoms with Crippen LogP contribution in [-0.4, -0.2) is 11.3 Å². The van der Waals surface area contributed by atoms with E-state index < -0.39 is 29.3 Å². The minimum Gasteiger partial charge on any atom is -1.00 e. The number of halogens is 2. The van der Waals surface area contributed by atoms with E-state index in [4.69, 9.17) is 0 Å². The van der Waals surface area contributed by atoms with Gasteiger partial charge in [-0.2, -0.15) is 0 Å². The third-order valence-corrected chi connectivity index (χ3v) is 18.9. The molecule has 0 heterocycles. The number of hydrogen-bond donors (Lipinski definition) is 0. The Labute approximate surface area is 254 Å². The summed E-state index contributed by atoms with van der Waals surface area (Å²) in [5.41, 5.74) is 11.2. The molecule has 0 aliphatic heterocycles. The molecule has 0 nitrogen and oxygen atoms in total. The smallest absolute Gasteiger partial charge is 1.00 e. The van der Waals surface area contributed by atoms with Crippen molar-refractivity contribution in [3.05, 3.63) is 72.7 Å². The molecule has 0 N–H and O–H groups in total. The Hall–Kier alpha value is -0.530. The standard InChI is InChI=1S/C21H25.C10H17Si.C3H6.2ClH.Zr/c1-20(2,3)16-7-9-18-14(12-16)11-15-13-17(21(4,5)6)8-10-19(15)18;1-8-6-9(2)10(7-8)11(3,4)5;1-3-2;;;/h7-10,12H,11H2,1-6H3;7-8H,1-5H3;1-2H3;2*1H;/q;;;;;+2/p-2. The van der Waals surface area contributed by atoms with E-state index in [0.717, 1.165) is 6.42 Å². The van der Waals surface area contributed by atoms with Gasteiger partial charge < -0.3 is 24.8 Å². The van der Waals surface area contributed by atoms with Gasteiger partial charge in [-0.25, -0.2) is 0 Å². The van der Waals surface area contributed by atoms with Gasteiger partial charge >= 0.3 is 232 Å². The van der Waals surface area contributed by atoms with Crippen molar-refractivity contribution >= 4 is 14.6 Å². The van der Waals surface area contributed by atoms with Gasteiger partial charge in [-0.15, -0.1) is 0 Å². The van der Waals surface area contributed by atoms with Gasteiger partial charge in [0.2, 0.25) is 0 Å². The van der Waals surface area contributed by atoms with E-state index >= 15 is 0 Å². The van der Waals surface area contributed by atoms with Gasteiger partial charge in [0.05, 0.1) is 0 Å². The molecule has 0 bridgehead atoms. The normalized spacial score (nSPS) is 16.6. The summed E-state index contributed by atoms with van der Waals surface area (Å²) in [6.07, 6.45) is 3.75. The molecule has 0 radical (unpaired) electrons. The molecule has 206 valence electrons. The molecule has 1 unspecified atom stereocenters. The Morgan fingerprint density at radius 1 is 0.868 bits per heavy atom. The molecule has 2 aromatic rings. The summed E-state index contributed by atoms with van der Waals surface area (Å²) in [6.45, 7) is 31.7. The summed E-state index contributed by atoms with van der Waals surface area (Å²) in [4.78, 5) is 0. The average molecular weight is 647 g/mol. The molecule has 1 atom stereocenters. The SMILES string of the molecule is CC1=[C]([Zr+2](=[C](C)C)[c]2c(C(C)(C)C)ccc3c2Cc2cc(C(C)(C)C)ccc2-3)C(C)C=C1[Si](C)(C)C.[Cl-].[Cl-]. The second-order valence-corrected chi connectivity index (χ2v) is 26.5. The predicted molar refractivity (Wildman–Crippen MR) is 161 cm³/mol. The first kappa shape index (κ1) is 33.7. The quantitative estimate of drug-likeness (QED) is 0.384. The van der Waals surface area contributed by atoms with Crippen LogP contribution < -0.4 is 28.1 Å². The van der Waals surface area contributed by atoms with Gasteiger partial charge in [-0.05, 0) is 0 Å². The molecule has 38 heavy (non-hydrogen) atoms. The van der Waals surface area contributed by atoms with Gasteiger partial charge in [-0.3, -0.25) is 0 Å². The minimum atomic E-state index is -2.33. The molecule has 0 amide bonds. The van der Waals surface area contributed by atoms with Crippen LogP contribution in [0, 0.1) is 5.92 Å². The Bertz CT molecular complexity index is 1330. The third kappa shape index (κ3) is 6.05. The first-order chi connectivity index (χ1) is 16.4. The van der Waals surface area contributed by atoms with Gasteiger partial charge in [0.15, 0.2) is 0 Å². The molecule has 0 fully saturated rings. The number of fused-ring (bicyclic) bond motifs is 3. The van der Waals surface area contributed by atoms with Crippen molar-refractivity contribution in [2.75, 3.05) is 0 Å². The van der Waals surface area contributed by atoms with Crippen molar-refractivity contribution in [1.82, 2.24) is 0 Å². The van der Waals surface area contributed by atoms with E-state index in [0.29, 0.717) is 5.92 Å². The molecule has 2 aromatic carbocycles. The Kier molecular flexibility index (Phi) is 10.1. The zero-order valence-electron chi connectivity index (χ0n) is 26.0. The van der Waals surface area contributed by atoms with Crippen LogP contribution in [-0.2, 0) is 38.5 Å². The van der Waals surface area contributed by atoms with Crippen LogP contribution in [0.25, 0.3) is 11.1 Å². The topological polar surface area (TPSA) is 0 Å². The van der Waals surface area contributed by atoms with Crippen LogP contribution in [0.1, 0.15) is 91.5 Å². The van der Waals surface area contributed by atoms with Crippen molar-refractivity contribution in [3.63, 3.8) is 0 Å². The Balaban J connectivity index is 0.00000253. The van der Waals surface area contributed by atoms with Crippen LogP contribution in [0.3, 0.4) is 0 Å². The number of allylic oxidation sites excluding steroid dienone is 4. The number of rotatable bonds is 3. The van der Waals surface area contributed by atoms with E-state index in [1.807, 2.05) is 3.28 Å². The average Bonchev–Trinajstić information content (AvgIpc) is 3.24. The molecule has 0 saturated heterocycles. The van der Waals surface area contributed by atoms with Crippen LogP contribution in [0.5, 0.6) is 0 Å². The summed E-state index contributed by atoms with van der Waals surface area (Å²) >= 11 is -2.33. The summed E-state index contributed by atoms with van der Waals surface area (Å²) in [6, 6.07) is 12.3. The summed E-state index contributed by atoms with van der Waals surface area (Å²) in [5.74, 6) is 0.580. The van der Waals surface area contributed by atoms with Crippen molar-refractivity contribution < 1.29 is 46.1 Å². The second-order valence-electron chi connectivity index (χ2n) is 14.6. The van der Waals surface area contributed by atoms with Crippen LogP contribution in [0.2, 0.25) is 19.6 Å².